The first kappa shape index (κ1) is 11.3. The molecular weight excluding hydrogens is 216 g/mol. The lowest BCUT2D eigenvalue weighted by atomic mass is 10.1. The fourth-order valence-corrected chi connectivity index (χ4v) is 1.50. The average Bonchev–Trinajstić information content (AvgIpc) is 2.32. The molecule has 4 heteroatoms. The Morgan fingerprint density at radius 3 is 2.59 bits per heavy atom. The largest absolute Gasteiger partial charge is 0.426 e. The van der Waals surface area contributed by atoms with E-state index < -0.39 is 0 Å². The molecule has 0 aliphatic rings. The lowest BCUT2D eigenvalue weighted by Gasteiger charge is -2.08. The van der Waals surface area contributed by atoms with Gasteiger partial charge in [-0.25, -0.2) is 9.97 Å². The number of aromatic nitrogens is 2. The van der Waals surface area contributed by atoms with Crippen molar-refractivity contribution in [2.24, 2.45) is 0 Å². The summed E-state index contributed by atoms with van der Waals surface area (Å²) < 4.78 is 5.14. The van der Waals surface area contributed by atoms with Gasteiger partial charge in [-0.2, -0.15) is 0 Å². The molecule has 0 saturated carbocycles. The highest BCUT2D eigenvalue weighted by Gasteiger charge is 2.10. The number of esters is 1. The molecule has 0 amide bonds. The zero-order chi connectivity index (χ0) is 12.3. The number of ether oxygens (including phenoxy) is 1. The number of hydrogen-bond acceptors (Lipinski definition) is 4. The van der Waals surface area contributed by atoms with Crippen LogP contribution in [0.1, 0.15) is 12.5 Å². The predicted molar refractivity (Wildman–Crippen MR) is 63.5 cm³/mol. The monoisotopic (exact) mass is 228 g/mol. The van der Waals surface area contributed by atoms with Crippen molar-refractivity contribution in [1.82, 2.24) is 9.97 Å². The van der Waals surface area contributed by atoms with E-state index >= 15 is 0 Å². The van der Waals surface area contributed by atoms with Gasteiger partial charge in [-0.3, -0.25) is 4.79 Å². The maximum atomic E-state index is 11.0. The summed E-state index contributed by atoms with van der Waals surface area (Å²) >= 11 is 0. The summed E-state index contributed by atoms with van der Waals surface area (Å²) in [6.07, 6.45) is 3.31. The van der Waals surface area contributed by atoms with Gasteiger partial charge >= 0.3 is 5.97 Å². The second kappa shape index (κ2) is 4.74. The first-order valence-electron chi connectivity index (χ1n) is 5.23. The van der Waals surface area contributed by atoms with Crippen molar-refractivity contribution in [3.05, 3.63) is 42.2 Å². The molecule has 0 bridgehead atoms. The SMILES string of the molecule is CC(=O)Oc1ccc(C)cc1-c1ncccn1. The molecule has 2 aromatic rings. The molecule has 1 aromatic carbocycles. The second-order valence-corrected chi connectivity index (χ2v) is 3.67. The Bertz CT molecular complexity index is 538. The van der Waals surface area contributed by atoms with E-state index in [2.05, 4.69) is 9.97 Å². The van der Waals surface area contributed by atoms with Crippen LogP contribution in [0.2, 0.25) is 0 Å². The Balaban J connectivity index is 2.51. The number of carbonyl (C=O) groups excluding carboxylic acids is 1. The van der Waals surface area contributed by atoms with Gasteiger partial charge in [0.05, 0.1) is 5.56 Å². The van der Waals surface area contributed by atoms with Gasteiger partial charge in [0, 0.05) is 19.3 Å². The number of rotatable bonds is 2. The molecule has 2 rings (SSSR count). The van der Waals surface area contributed by atoms with Crippen LogP contribution in [0.4, 0.5) is 0 Å². The maximum absolute atomic E-state index is 11.0. The Kier molecular flexibility index (Phi) is 3.14. The zero-order valence-electron chi connectivity index (χ0n) is 9.68. The minimum absolute atomic E-state index is 0.356. The first-order valence-corrected chi connectivity index (χ1v) is 5.23. The molecule has 0 atom stereocenters. The third kappa shape index (κ3) is 2.66. The normalized spacial score (nSPS) is 10.0. The number of aryl methyl sites for hydroxylation is 1. The van der Waals surface area contributed by atoms with Gasteiger partial charge in [0.2, 0.25) is 0 Å². The minimum atomic E-state index is -0.356. The van der Waals surface area contributed by atoms with E-state index in [-0.39, 0.29) is 5.97 Å². The van der Waals surface area contributed by atoms with Crippen LogP contribution in [0.15, 0.2) is 36.7 Å². The number of hydrogen-bond donors (Lipinski definition) is 0. The highest BCUT2D eigenvalue weighted by Crippen LogP contribution is 2.28. The molecule has 4 nitrogen and oxygen atoms in total. The lowest BCUT2D eigenvalue weighted by molar-refractivity contribution is -0.131. The van der Waals surface area contributed by atoms with Gasteiger partial charge in [-0.1, -0.05) is 11.6 Å². The van der Waals surface area contributed by atoms with Crippen molar-refractivity contribution in [2.75, 3.05) is 0 Å². The molecule has 0 saturated heterocycles. The van der Waals surface area contributed by atoms with E-state index in [1.54, 1.807) is 24.5 Å². The molecule has 86 valence electrons. The topological polar surface area (TPSA) is 52.1 Å². The van der Waals surface area contributed by atoms with Gasteiger partial charge in [0.15, 0.2) is 5.82 Å². The standard InChI is InChI=1S/C13H12N2O2/c1-9-4-5-12(17-10(2)16)11(8-9)13-14-6-3-7-15-13/h3-8H,1-2H3. The second-order valence-electron chi connectivity index (χ2n) is 3.67. The summed E-state index contributed by atoms with van der Waals surface area (Å²) in [7, 11) is 0. The fraction of sp³-hybridized carbons (Fsp3) is 0.154. The van der Waals surface area contributed by atoms with Crippen molar-refractivity contribution >= 4 is 5.97 Å². The van der Waals surface area contributed by atoms with Gasteiger partial charge < -0.3 is 4.74 Å². The molecule has 0 aliphatic heterocycles. The number of benzene rings is 1. The summed E-state index contributed by atoms with van der Waals surface area (Å²) in [6.45, 7) is 3.33. The van der Waals surface area contributed by atoms with Crippen LogP contribution in [-0.4, -0.2) is 15.9 Å². The first-order chi connectivity index (χ1) is 8.16. The lowest BCUT2D eigenvalue weighted by Crippen LogP contribution is -2.03. The van der Waals surface area contributed by atoms with Crippen LogP contribution in [0.3, 0.4) is 0 Å². The van der Waals surface area contributed by atoms with Crippen molar-refractivity contribution in [3.63, 3.8) is 0 Å². The molecule has 0 unspecified atom stereocenters. The third-order valence-corrected chi connectivity index (χ3v) is 2.20. The predicted octanol–water partition coefficient (Wildman–Crippen LogP) is 2.38. The Morgan fingerprint density at radius 1 is 1.24 bits per heavy atom. The average molecular weight is 228 g/mol. The third-order valence-electron chi connectivity index (χ3n) is 2.20. The molecule has 1 aromatic heterocycles. The highest BCUT2D eigenvalue weighted by atomic mass is 16.5. The van der Waals surface area contributed by atoms with E-state index in [0.717, 1.165) is 11.1 Å². The van der Waals surface area contributed by atoms with Gasteiger partial charge in [0.1, 0.15) is 5.75 Å². The number of carbonyl (C=O) groups is 1. The fourth-order valence-electron chi connectivity index (χ4n) is 1.50. The van der Waals surface area contributed by atoms with E-state index in [1.165, 1.54) is 6.92 Å². The zero-order valence-corrected chi connectivity index (χ0v) is 9.68. The molecule has 17 heavy (non-hydrogen) atoms. The van der Waals surface area contributed by atoms with Crippen molar-refractivity contribution in [2.45, 2.75) is 13.8 Å². The van der Waals surface area contributed by atoms with Crippen LogP contribution in [0.25, 0.3) is 11.4 Å². The van der Waals surface area contributed by atoms with Crippen LogP contribution in [0, 0.1) is 6.92 Å². The van der Waals surface area contributed by atoms with Crippen LogP contribution in [0.5, 0.6) is 5.75 Å². The molecule has 0 radical (unpaired) electrons. The summed E-state index contributed by atoms with van der Waals surface area (Å²) in [5.74, 6) is 0.674. The van der Waals surface area contributed by atoms with Crippen LogP contribution >= 0.6 is 0 Å². The van der Waals surface area contributed by atoms with E-state index in [9.17, 15) is 4.79 Å². The molecule has 0 spiro atoms. The molecule has 1 heterocycles. The Hall–Kier alpha value is -2.23. The smallest absolute Gasteiger partial charge is 0.308 e. The van der Waals surface area contributed by atoms with Gasteiger partial charge in [-0.15, -0.1) is 0 Å². The summed E-state index contributed by atoms with van der Waals surface area (Å²) in [5, 5.41) is 0. The van der Waals surface area contributed by atoms with Gasteiger partial charge in [-0.05, 0) is 25.1 Å². The summed E-state index contributed by atoms with van der Waals surface area (Å²) in [4.78, 5) is 19.3. The highest BCUT2D eigenvalue weighted by molar-refractivity contribution is 5.74. The van der Waals surface area contributed by atoms with Crippen LogP contribution < -0.4 is 4.74 Å². The quantitative estimate of drug-likeness (QED) is 0.585. The van der Waals surface area contributed by atoms with Gasteiger partial charge in [0.25, 0.3) is 0 Å². The van der Waals surface area contributed by atoms with E-state index in [1.807, 2.05) is 19.1 Å². The summed E-state index contributed by atoms with van der Waals surface area (Å²) in [5.41, 5.74) is 1.78. The van der Waals surface area contributed by atoms with Crippen molar-refractivity contribution in [1.29, 1.82) is 0 Å². The van der Waals surface area contributed by atoms with Crippen molar-refractivity contribution in [3.8, 4) is 17.1 Å². The molecule has 0 N–H and O–H groups in total. The Morgan fingerprint density at radius 2 is 1.94 bits per heavy atom. The summed E-state index contributed by atoms with van der Waals surface area (Å²) in [6, 6.07) is 7.27. The van der Waals surface area contributed by atoms with Crippen molar-refractivity contribution < 1.29 is 9.53 Å². The maximum Gasteiger partial charge on any atom is 0.308 e. The van der Waals surface area contributed by atoms with E-state index in [4.69, 9.17) is 4.74 Å². The van der Waals surface area contributed by atoms with E-state index in [0.29, 0.717) is 11.6 Å². The molecular formula is C13H12N2O2. The molecule has 0 fully saturated rings. The van der Waals surface area contributed by atoms with Crippen LogP contribution in [-0.2, 0) is 4.79 Å². The minimum Gasteiger partial charge on any atom is -0.426 e. The Labute approximate surface area is 99.3 Å². The molecule has 0 aliphatic carbocycles. The number of nitrogens with zero attached hydrogens (tertiary/aromatic N) is 2.